The van der Waals surface area contributed by atoms with Gasteiger partial charge in [0.2, 0.25) is 10.0 Å². The number of pyridine rings is 1. The second-order valence-electron chi connectivity index (χ2n) is 7.21. The van der Waals surface area contributed by atoms with Crippen molar-refractivity contribution in [1.29, 1.82) is 0 Å². The molecule has 160 valence electrons. The summed E-state index contributed by atoms with van der Waals surface area (Å²) in [5, 5.41) is 13.4. The summed E-state index contributed by atoms with van der Waals surface area (Å²) in [6.45, 7) is 0.368. The normalized spacial score (nSPS) is 17.9. The number of rotatable bonds is 5. The maximum atomic E-state index is 13.4. The van der Waals surface area contributed by atoms with Crippen molar-refractivity contribution >= 4 is 53.9 Å². The first-order valence-electron chi connectivity index (χ1n) is 9.77. The van der Waals surface area contributed by atoms with E-state index in [9.17, 15) is 13.5 Å². The number of ether oxygens (including phenoxy) is 1. The second kappa shape index (κ2) is 8.13. The predicted molar refractivity (Wildman–Crippen MR) is 120 cm³/mol. The van der Waals surface area contributed by atoms with Gasteiger partial charge in [0.05, 0.1) is 40.6 Å². The number of thiazole rings is 1. The van der Waals surface area contributed by atoms with Crippen LogP contribution >= 0.6 is 11.3 Å². The highest BCUT2D eigenvalue weighted by Crippen LogP contribution is 2.32. The maximum Gasteiger partial charge on any atom is 0.245 e. The highest BCUT2D eigenvalue weighted by molar-refractivity contribution is 7.89. The Morgan fingerprint density at radius 3 is 3.00 bits per heavy atom. The van der Waals surface area contributed by atoms with Gasteiger partial charge in [-0.3, -0.25) is 4.98 Å². The summed E-state index contributed by atoms with van der Waals surface area (Å²) in [5.74, 6) is 0. The largest absolute Gasteiger partial charge is 0.394 e. The fraction of sp³-hybridized carbons (Fsp3) is 0.238. The van der Waals surface area contributed by atoms with E-state index in [0.29, 0.717) is 10.9 Å². The van der Waals surface area contributed by atoms with Crippen molar-refractivity contribution < 1.29 is 18.3 Å². The molecule has 1 atom stereocenters. The molecule has 1 aliphatic rings. The Bertz CT molecular complexity index is 1360. The van der Waals surface area contributed by atoms with E-state index in [4.69, 9.17) is 4.74 Å². The molecule has 10 heteroatoms. The summed E-state index contributed by atoms with van der Waals surface area (Å²) >= 11 is 1.58. The van der Waals surface area contributed by atoms with Crippen molar-refractivity contribution in [1.82, 2.24) is 14.3 Å². The number of nitrogens with zero attached hydrogens (tertiary/aromatic N) is 3. The van der Waals surface area contributed by atoms with Gasteiger partial charge in [0.25, 0.3) is 0 Å². The molecule has 5 rings (SSSR count). The number of sulfonamides is 1. The summed E-state index contributed by atoms with van der Waals surface area (Å²) in [5.41, 5.74) is 4.72. The Balaban J connectivity index is 1.54. The minimum Gasteiger partial charge on any atom is -0.394 e. The van der Waals surface area contributed by atoms with E-state index in [0.717, 1.165) is 21.6 Å². The topological polar surface area (TPSA) is 105 Å². The van der Waals surface area contributed by atoms with Gasteiger partial charge in [0.1, 0.15) is 4.90 Å². The molecule has 1 saturated heterocycles. The van der Waals surface area contributed by atoms with E-state index in [1.165, 1.54) is 4.31 Å². The van der Waals surface area contributed by atoms with Crippen molar-refractivity contribution in [2.24, 2.45) is 0 Å². The summed E-state index contributed by atoms with van der Waals surface area (Å²) < 4.78 is 34.6. The highest BCUT2D eigenvalue weighted by atomic mass is 32.2. The molecule has 4 aromatic rings. The first-order valence-corrected chi connectivity index (χ1v) is 12.1. The van der Waals surface area contributed by atoms with Gasteiger partial charge in [-0.05, 0) is 30.3 Å². The van der Waals surface area contributed by atoms with E-state index < -0.39 is 16.1 Å². The molecule has 0 saturated carbocycles. The molecule has 0 bridgehead atoms. The smallest absolute Gasteiger partial charge is 0.245 e. The van der Waals surface area contributed by atoms with Crippen LogP contribution < -0.4 is 5.32 Å². The van der Waals surface area contributed by atoms with Gasteiger partial charge in [-0.25, -0.2) is 13.4 Å². The summed E-state index contributed by atoms with van der Waals surface area (Å²) in [7, 11) is -3.80. The van der Waals surface area contributed by atoms with Crippen molar-refractivity contribution in [3.05, 3.63) is 54.2 Å². The van der Waals surface area contributed by atoms with E-state index in [1.807, 2.05) is 30.3 Å². The number of aliphatic hydroxyl groups excluding tert-OH is 1. The molecular formula is C21H20N4O4S2. The SMILES string of the molecule is O=S(=O)(c1cccc2c(Nc3ccc4scnc4c3)ccnc12)N1CCOC(CO)C1. The van der Waals surface area contributed by atoms with Gasteiger partial charge in [0, 0.05) is 36.0 Å². The number of aliphatic hydroxyl groups is 1. The quantitative estimate of drug-likeness (QED) is 0.476. The Morgan fingerprint density at radius 2 is 2.13 bits per heavy atom. The molecule has 0 amide bonds. The van der Waals surface area contributed by atoms with Gasteiger partial charge in [-0.2, -0.15) is 4.31 Å². The van der Waals surface area contributed by atoms with Crippen molar-refractivity contribution in [3.8, 4) is 0 Å². The number of anilines is 2. The average molecular weight is 457 g/mol. The van der Waals surface area contributed by atoms with Gasteiger partial charge in [-0.15, -0.1) is 11.3 Å². The third kappa shape index (κ3) is 3.77. The van der Waals surface area contributed by atoms with Gasteiger partial charge in [0.15, 0.2) is 0 Å². The lowest BCUT2D eigenvalue weighted by Gasteiger charge is -2.31. The molecule has 2 aromatic heterocycles. The number of morpholine rings is 1. The van der Waals surface area contributed by atoms with Crippen LogP contribution in [0.3, 0.4) is 0 Å². The minimum atomic E-state index is -3.80. The standard InChI is InChI=1S/C21H20N4O4S2/c26-12-15-11-25(8-9-29-15)31(27,28)20-3-1-2-16-17(6-7-22-21(16)20)24-14-4-5-19-18(10-14)23-13-30-19/h1-7,10,13,15,26H,8-9,11-12H2,(H,22,24). The van der Waals surface area contributed by atoms with Crippen LogP contribution in [-0.4, -0.2) is 60.2 Å². The number of fused-ring (bicyclic) bond motifs is 2. The average Bonchev–Trinajstić information content (AvgIpc) is 3.27. The second-order valence-corrected chi connectivity index (χ2v) is 10.0. The Morgan fingerprint density at radius 1 is 1.23 bits per heavy atom. The molecule has 2 N–H and O–H groups in total. The number of nitrogens with one attached hydrogen (secondary N) is 1. The third-order valence-corrected chi connectivity index (χ3v) is 7.97. The van der Waals surface area contributed by atoms with Crippen LogP contribution in [0.5, 0.6) is 0 Å². The van der Waals surface area contributed by atoms with Crippen LogP contribution in [0.15, 0.2) is 59.1 Å². The Labute approximate surface area is 183 Å². The third-order valence-electron chi connectivity index (χ3n) is 5.27. The molecular weight excluding hydrogens is 436 g/mol. The molecule has 8 nitrogen and oxygen atoms in total. The number of para-hydroxylation sites is 1. The zero-order valence-corrected chi connectivity index (χ0v) is 18.1. The Kier molecular flexibility index (Phi) is 5.32. The molecule has 2 aromatic carbocycles. The van der Waals surface area contributed by atoms with Crippen LogP contribution in [0.4, 0.5) is 11.4 Å². The zero-order chi connectivity index (χ0) is 21.4. The lowest BCUT2D eigenvalue weighted by Crippen LogP contribution is -2.46. The molecule has 31 heavy (non-hydrogen) atoms. The lowest BCUT2D eigenvalue weighted by atomic mass is 10.2. The van der Waals surface area contributed by atoms with Crippen molar-refractivity contribution in [2.45, 2.75) is 11.0 Å². The van der Waals surface area contributed by atoms with E-state index in [2.05, 4.69) is 15.3 Å². The van der Waals surface area contributed by atoms with Crippen LogP contribution in [0.25, 0.3) is 21.1 Å². The molecule has 0 spiro atoms. The fourth-order valence-corrected chi connectivity index (χ4v) is 5.99. The molecule has 1 fully saturated rings. The summed E-state index contributed by atoms with van der Waals surface area (Å²) in [4.78, 5) is 8.88. The summed E-state index contributed by atoms with van der Waals surface area (Å²) in [6, 6.07) is 12.9. The minimum absolute atomic E-state index is 0.112. The van der Waals surface area contributed by atoms with Crippen molar-refractivity contribution in [3.63, 3.8) is 0 Å². The van der Waals surface area contributed by atoms with Gasteiger partial charge in [-0.1, -0.05) is 12.1 Å². The van der Waals surface area contributed by atoms with Crippen molar-refractivity contribution in [2.75, 3.05) is 31.6 Å². The van der Waals surface area contributed by atoms with E-state index in [-0.39, 0.29) is 31.2 Å². The maximum absolute atomic E-state index is 13.4. The molecule has 1 unspecified atom stereocenters. The summed E-state index contributed by atoms with van der Waals surface area (Å²) in [6.07, 6.45) is 1.07. The first-order chi connectivity index (χ1) is 15.1. The Hall–Kier alpha value is -2.63. The first kappa shape index (κ1) is 20.3. The van der Waals surface area contributed by atoms with Gasteiger partial charge < -0.3 is 15.2 Å². The lowest BCUT2D eigenvalue weighted by molar-refractivity contribution is -0.0304. The monoisotopic (exact) mass is 456 g/mol. The highest BCUT2D eigenvalue weighted by Gasteiger charge is 2.32. The molecule has 0 radical (unpaired) electrons. The number of hydrogen-bond acceptors (Lipinski definition) is 8. The molecule has 3 heterocycles. The predicted octanol–water partition coefficient (Wildman–Crippen LogP) is 2.97. The van der Waals surface area contributed by atoms with E-state index >= 15 is 0 Å². The fourth-order valence-electron chi connectivity index (χ4n) is 3.72. The van der Waals surface area contributed by atoms with E-state index in [1.54, 1.807) is 35.2 Å². The van der Waals surface area contributed by atoms with Gasteiger partial charge >= 0.3 is 0 Å². The number of aromatic nitrogens is 2. The van der Waals surface area contributed by atoms with Crippen LogP contribution in [0.1, 0.15) is 0 Å². The zero-order valence-electron chi connectivity index (χ0n) is 16.4. The van der Waals surface area contributed by atoms with Crippen LogP contribution in [0.2, 0.25) is 0 Å². The number of benzene rings is 2. The number of hydrogen-bond donors (Lipinski definition) is 2. The van der Waals surface area contributed by atoms with Crippen LogP contribution in [0, 0.1) is 0 Å². The molecule has 0 aliphatic carbocycles. The van der Waals surface area contributed by atoms with Crippen LogP contribution in [-0.2, 0) is 14.8 Å². The molecule has 1 aliphatic heterocycles.